The number of aryl methyl sites for hydroxylation is 1. The van der Waals surface area contributed by atoms with Crippen molar-refractivity contribution in [2.75, 3.05) is 0 Å². The molecule has 2 unspecified atom stereocenters. The lowest BCUT2D eigenvalue weighted by Crippen LogP contribution is -2.39. The topological polar surface area (TPSA) is 49.3 Å². The molecule has 0 aliphatic heterocycles. The predicted molar refractivity (Wildman–Crippen MR) is 73.6 cm³/mol. The normalized spacial score (nSPS) is 14.5. The van der Waals surface area contributed by atoms with Crippen LogP contribution in [0.2, 0.25) is 0 Å². The van der Waals surface area contributed by atoms with Gasteiger partial charge in [-0.2, -0.15) is 0 Å². The van der Waals surface area contributed by atoms with E-state index in [9.17, 15) is 9.90 Å². The van der Waals surface area contributed by atoms with Gasteiger partial charge in [-0.3, -0.25) is 10.1 Å². The second kappa shape index (κ2) is 6.55. The van der Waals surface area contributed by atoms with Gasteiger partial charge >= 0.3 is 5.97 Å². The van der Waals surface area contributed by atoms with Gasteiger partial charge in [0.25, 0.3) is 0 Å². The van der Waals surface area contributed by atoms with Crippen LogP contribution in [0.1, 0.15) is 44.4 Å². The zero-order chi connectivity index (χ0) is 13.7. The van der Waals surface area contributed by atoms with E-state index < -0.39 is 12.0 Å². The maximum atomic E-state index is 11.2. The maximum Gasteiger partial charge on any atom is 0.320 e. The number of hydrogen-bond acceptors (Lipinski definition) is 2. The molecule has 0 aliphatic rings. The van der Waals surface area contributed by atoms with Crippen LogP contribution in [-0.2, 0) is 4.79 Å². The smallest absolute Gasteiger partial charge is 0.320 e. The van der Waals surface area contributed by atoms with Gasteiger partial charge in [0, 0.05) is 6.04 Å². The Labute approximate surface area is 109 Å². The molecule has 2 N–H and O–H groups in total. The van der Waals surface area contributed by atoms with Gasteiger partial charge in [-0.15, -0.1) is 0 Å². The predicted octanol–water partition coefficient (Wildman–Crippen LogP) is 3.14. The number of carboxylic acids is 1. The third-order valence-electron chi connectivity index (χ3n) is 3.11. The highest BCUT2D eigenvalue weighted by atomic mass is 16.4. The molecule has 3 heteroatoms. The molecule has 0 saturated carbocycles. The fourth-order valence-electron chi connectivity index (χ4n) is 2.18. The highest BCUT2D eigenvalue weighted by Crippen LogP contribution is 2.18. The van der Waals surface area contributed by atoms with Crippen molar-refractivity contribution in [3.8, 4) is 0 Å². The van der Waals surface area contributed by atoms with Gasteiger partial charge in [0.15, 0.2) is 0 Å². The standard InChI is InChI=1S/C15H23NO2/c1-10(2)9-14(15(17)18)16-12(4)13-8-6-5-7-11(13)3/h5-8,10,12,14,16H,9H2,1-4H3,(H,17,18). The number of carbonyl (C=O) groups is 1. The Hall–Kier alpha value is -1.35. The molecule has 2 atom stereocenters. The summed E-state index contributed by atoms with van der Waals surface area (Å²) in [7, 11) is 0. The number of benzene rings is 1. The summed E-state index contributed by atoms with van der Waals surface area (Å²) in [5.41, 5.74) is 2.35. The van der Waals surface area contributed by atoms with Gasteiger partial charge in [-0.1, -0.05) is 38.1 Å². The Kier molecular flexibility index (Phi) is 5.35. The fraction of sp³-hybridized carbons (Fsp3) is 0.533. The summed E-state index contributed by atoms with van der Waals surface area (Å²) in [4.78, 5) is 11.2. The number of aliphatic carboxylic acids is 1. The lowest BCUT2D eigenvalue weighted by atomic mass is 9.99. The first-order valence-electron chi connectivity index (χ1n) is 6.46. The van der Waals surface area contributed by atoms with Crippen molar-refractivity contribution in [1.29, 1.82) is 0 Å². The molecule has 0 radical (unpaired) electrons. The minimum Gasteiger partial charge on any atom is -0.480 e. The van der Waals surface area contributed by atoms with Gasteiger partial charge in [-0.25, -0.2) is 0 Å². The van der Waals surface area contributed by atoms with Crippen LogP contribution in [0.15, 0.2) is 24.3 Å². The number of hydrogen-bond donors (Lipinski definition) is 2. The molecule has 0 spiro atoms. The van der Waals surface area contributed by atoms with E-state index in [0.29, 0.717) is 12.3 Å². The lowest BCUT2D eigenvalue weighted by Gasteiger charge is -2.23. The van der Waals surface area contributed by atoms with Crippen LogP contribution in [0, 0.1) is 12.8 Å². The van der Waals surface area contributed by atoms with Gasteiger partial charge in [-0.05, 0) is 37.3 Å². The van der Waals surface area contributed by atoms with E-state index in [4.69, 9.17) is 0 Å². The first kappa shape index (κ1) is 14.7. The lowest BCUT2D eigenvalue weighted by molar-refractivity contribution is -0.140. The van der Waals surface area contributed by atoms with Crippen molar-refractivity contribution in [1.82, 2.24) is 5.32 Å². The quantitative estimate of drug-likeness (QED) is 0.814. The molecule has 0 aliphatic carbocycles. The molecule has 18 heavy (non-hydrogen) atoms. The first-order chi connectivity index (χ1) is 8.41. The van der Waals surface area contributed by atoms with Gasteiger partial charge < -0.3 is 5.11 Å². The number of nitrogens with one attached hydrogen (secondary N) is 1. The highest BCUT2D eigenvalue weighted by molar-refractivity contribution is 5.73. The molecule has 0 aromatic heterocycles. The minimum atomic E-state index is -0.774. The van der Waals surface area contributed by atoms with E-state index in [2.05, 4.69) is 5.32 Å². The third-order valence-corrected chi connectivity index (χ3v) is 3.11. The molecular weight excluding hydrogens is 226 g/mol. The van der Waals surface area contributed by atoms with Crippen LogP contribution in [0.4, 0.5) is 0 Å². The van der Waals surface area contributed by atoms with Crippen LogP contribution >= 0.6 is 0 Å². The summed E-state index contributed by atoms with van der Waals surface area (Å²) in [5, 5.41) is 12.4. The second-order valence-electron chi connectivity index (χ2n) is 5.27. The average Bonchev–Trinajstić information content (AvgIpc) is 2.27. The van der Waals surface area contributed by atoms with E-state index in [0.717, 1.165) is 5.56 Å². The Morgan fingerprint density at radius 2 is 1.89 bits per heavy atom. The maximum absolute atomic E-state index is 11.2. The summed E-state index contributed by atoms with van der Waals surface area (Å²) in [5.74, 6) is -0.410. The van der Waals surface area contributed by atoms with Crippen LogP contribution < -0.4 is 5.32 Å². The monoisotopic (exact) mass is 249 g/mol. The summed E-state index contributed by atoms with van der Waals surface area (Å²) >= 11 is 0. The Balaban J connectivity index is 2.75. The highest BCUT2D eigenvalue weighted by Gasteiger charge is 2.21. The summed E-state index contributed by atoms with van der Waals surface area (Å²) in [6.07, 6.45) is 0.644. The van der Waals surface area contributed by atoms with Crippen molar-refractivity contribution < 1.29 is 9.90 Å². The average molecular weight is 249 g/mol. The molecule has 1 aromatic rings. The van der Waals surface area contributed by atoms with E-state index in [1.165, 1.54) is 5.56 Å². The van der Waals surface area contributed by atoms with Gasteiger partial charge in [0.1, 0.15) is 6.04 Å². The minimum absolute atomic E-state index is 0.0473. The van der Waals surface area contributed by atoms with Gasteiger partial charge in [0.2, 0.25) is 0 Å². The molecule has 1 aromatic carbocycles. The molecule has 0 heterocycles. The summed E-state index contributed by atoms with van der Waals surface area (Å²) in [6.45, 7) is 8.14. The van der Waals surface area contributed by atoms with E-state index in [-0.39, 0.29) is 6.04 Å². The van der Waals surface area contributed by atoms with Crippen LogP contribution in [-0.4, -0.2) is 17.1 Å². The zero-order valence-electron chi connectivity index (χ0n) is 11.6. The van der Waals surface area contributed by atoms with E-state index in [1.54, 1.807) is 0 Å². The zero-order valence-corrected chi connectivity index (χ0v) is 11.6. The van der Waals surface area contributed by atoms with Crippen molar-refractivity contribution in [3.05, 3.63) is 35.4 Å². The summed E-state index contributed by atoms with van der Waals surface area (Å²) in [6, 6.07) is 7.63. The molecule has 0 fully saturated rings. The molecule has 3 nitrogen and oxygen atoms in total. The van der Waals surface area contributed by atoms with Crippen molar-refractivity contribution >= 4 is 5.97 Å². The van der Waals surface area contributed by atoms with E-state index >= 15 is 0 Å². The fourth-order valence-corrected chi connectivity index (χ4v) is 2.18. The van der Waals surface area contributed by atoms with E-state index in [1.807, 2.05) is 52.0 Å². The number of carboxylic acid groups (broad SMARTS) is 1. The van der Waals surface area contributed by atoms with Crippen molar-refractivity contribution in [2.45, 2.75) is 46.2 Å². The molecule has 0 amide bonds. The Bertz CT molecular complexity index is 401. The Morgan fingerprint density at radius 3 is 2.39 bits per heavy atom. The van der Waals surface area contributed by atoms with Crippen LogP contribution in [0.5, 0.6) is 0 Å². The molecule has 0 bridgehead atoms. The van der Waals surface area contributed by atoms with Crippen LogP contribution in [0.25, 0.3) is 0 Å². The molecule has 0 saturated heterocycles. The van der Waals surface area contributed by atoms with Crippen LogP contribution in [0.3, 0.4) is 0 Å². The third kappa shape index (κ3) is 4.15. The second-order valence-corrected chi connectivity index (χ2v) is 5.27. The van der Waals surface area contributed by atoms with Crippen molar-refractivity contribution in [2.24, 2.45) is 5.92 Å². The Morgan fingerprint density at radius 1 is 1.28 bits per heavy atom. The first-order valence-corrected chi connectivity index (χ1v) is 6.46. The molecular formula is C15H23NO2. The molecule has 100 valence electrons. The summed E-state index contributed by atoms with van der Waals surface area (Å²) < 4.78 is 0. The SMILES string of the molecule is Cc1ccccc1C(C)NC(CC(C)C)C(=O)O. The largest absolute Gasteiger partial charge is 0.480 e. The molecule has 1 rings (SSSR count). The van der Waals surface area contributed by atoms with Gasteiger partial charge in [0.05, 0.1) is 0 Å². The number of rotatable bonds is 6. The van der Waals surface area contributed by atoms with Crippen molar-refractivity contribution in [3.63, 3.8) is 0 Å².